The van der Waals surface area contributed by atoms with Crippen LogP contribution < -0.4 is 4.74 Å². The van der Waals surface area contributed by atoms with Crippen molar-refractivity contribution in [3.8, 4) is 5.75 Å². The minimum absolute atomic E-state index is 0.00492. The van der Waals surface area contributed by atoms with Gasteiger partial charge in [-0.15, -0.1) is 0 Å². The molecule has 13 heteroatoms. The molecule has 6 rings (SSSR count). The van der Waals surface area contributed by atoms with Crippen molar-refractivity contribution in [2.24, 2.45) is 11.1 Å². The second-order valence-corrected chi connectivity index (χ2v) is 15.9. The lowest BCUT2D eigenvalue weighted by molar-refractivity contribution is -0.153. The number of carbonyl (C=O) groups is 3. The minimum atomic E-state index is -4.84. The van der Waals surface area contributed by atoms with Gasteiger partial charge in [-0.25, -0.2) is 4.79 Å². The molecule has 0 radical (unpaired) electrons. The van der Waals surface area contributed by atoms with Crippen molar-refractivity contribution >= 4 is 55.8 Å². The van der Waals surface area contributed by atoms with E-state index in [9.17, 15) is 40.7 Å². The summed E-state index contributed by atoms with van der Waals surface area (Å²) in [7, 11) is 0. The fourth-order valence-corrected chi connectivity index (χ4v) is 8.27. The Morgan fingerprint density at radius 2 is 1.47 bits per heavy atom. The summed E-state index contributed by atoms with van der Waals surface area (Å²) < 4.78 is 87.0. The van der Waals surface area contributed by atoms with E-state index in [2.05, 4.69) is 23.6 Å². The number of alkyl halides is 6. The van der Waals surface area contributed by atoms with E-state index in [-0.39, 0.29) is 22.5 Å². The molecule has 7 nitrogen and oxygen atoms in total. The first-order chi connectivity index (χ1) is 29.3. The number of ether oxygens (including phenoxy) is 1. The van der Waals surface area contributed by atoms with Gasteiger partial charge in [-0.3, -0.25) is 9.59 Å². The normalized spacial score (nSPS) is 12.9. The Hall–Kier alpha value is -5.98. The zero-order valence-electron chi connectivity index (χ0n) is 35.4. The molecule has 0 bridgehead atoms. The van der Waals surface area contributed by atoms with Crippen LogP contribution in [0.15, 0.2) is 84.0 Å². The predicted molar refractivity (Wildman–Crippen MR) is 229 cm³/mol. The van der Waals surface area contributed by atoms with Crippen LogP contribution in [0.3, 0.4) is 0 Å². The van der Waals surface area contributed by atoms with Gasteiger partial charge in [0.25, 0.3) is 0 Å². The van der Waals surface area contributed by atoms with Crippen LogP contribution in [0.2, 0.25) is 0 Å². The van der Waals surface area contributed by atoms with E-state index in [0.29, 0.717) is 34.4 Å². The molecule has 1 heterocycles. The number of hydrogen-bond donors (Lipinski definition) is 0. The van der Waals surface area contributed by atoms with Gasteiger partial charge >= 0.3 is 18.3 Å². The molecule has 62 heavy (non-hydrogen) atoms. The largest absolute Gasteiger partial charge is 0.483 e. The van der Waals surface area contributed by atoms with Gasteiger partial charge in [0, 0.05) is 63.8 Å². The molecule has 1 aromatic heterocycles. The van der Waals surface area contributed by atoms with Crippen LogP contribution in [0.25, 0.3) is 32.6 Å². The van der Waals surface area contributed by atoms with Crippen molar-refractivity contribution in [1.29, 1.82) is 0 Å². The molecule has 1 unspecified atom stereocenters. The molecule has 0 N–H and O–H groups in total. The van der Waals surface area contributed by atoms with Gasteiger partial charge in [-0.1, -0.05) is 86.3 Å². The molecule has 5 aromatic carbocycles. The number of benzene rings is 5. The molecular formula is C49H48F6N2O5. The fraction of sp³-hybridized carbons (Fsp3) is 0.347. The number of nitrogens with zero attached hydrogens (tertiary/aromatic N) is 2. The minimum Gasteiger partial charge on any atom is -0.483 e. The molecule has 0 saturated carbocycles. The van der Waals surface area contributed by atoms with Gasteiger partial charge in [-0.2, -0.15) is 26.3 Å². The first-order valence-electron chi connectivity index (χ1n) is 20.6. The molecule has 1 atom stereocenters. The summed E-state index contributed by atoms with van der Waals surface area (Å²) in [6.07, 6.45) is -7.27. The molecule has 0 spiro atoms. The van der Waals surface area contributed by atoms with E-state index >= 15 is 0 Å². The maximum Gasteiger partial charge on any atom is 0.422 e. The van der Waals surface area contributed by atoms with Gasteiger partial charge in [0.1, 0.15) is 5.75 Å². The number of hydrogen-bond acceptors (Lipinski definition) is 6. The number of Topliss-reactive ketones (excluding diaryl/α,β-unsaturated/α-hetero) is 1. The van der Waals surface area contributed by atoms with E-state index in [4.69, 9.17) is 9.57 Å². The number of fused-ring (bicyclic) bond motifs is 5. The Labute approximate surface area is 355 Å². The quantitative estimate of drug-likeness (QED) is 0.0318. The molecule has 6 aromatic rings. The third kappa shape index (κ3) is 10.2. The Morgan fingerprint density at radius 1 is 0.774 bits per heavy atom. The monoisotopic (exact) mass is 858 g/mol. The summed E-state index contributed by atoms with van der Waals surface area (Å²) in [5.74, 6) is -2.25. The molecule has 0 fully saturated rings. The van der Waals surface area contributed by atoms with Crippen molar-refractivity contribution in [3.05, 3.63) is 123 Å². The van der Waals surface area contributed by atoms with Gasteiger partial charge in [0.15, 0.2) is 18.1 Å². The maximum atomic E-state index is 14.7. The lowest BCUT2D eigenvalue weighted by atomic mass is 9.89. The molecule has 0 saturated heterocycles. The highest BCUT2D eigenvalue weighted by atomic mass is 19.4. The standard InChI is InChI=1S/C49H48F6N2O5/c1-7-9-12-32(8-2)26-57-41-18-16-34(46(59)44(56-62-31(6)58)37-17-15-33(19-20-48(50,51)52)23-42(37)61-27-49(53,54)55)24-38(41)39-25-40(35-13-10-11-14-36(35)45(39)57)47(60)43-29(4)21-28(3)22-30(43)5/h10-11,13-18,21-25,32H,7-9,12,19-20,26-27H2,1-6H3/b56-44+. The number of carbonyl (C=O) groups excluding carboxylic acids is 3. The molecule has 0 amide bonds. The molecule has 326 valence electrons. The van der Waals surface area contributed by atoms with Gasteiger partial charge in [0.05, 0.1) is 5.52 Å². The van der Waals surface area contributed by atoms with Crippen molar-refractivity contribution in [2.45, 2.75) is 99.0 Å². The van der Waals surface area contributed by atoms with Crippen molar-refractivity contribution in [3.63, 3.8) is 0 Å². The van der Waals surface area contributed by atoms with Crippen LogP contribution in [-0.2, 0) is 22.6 Å². The smallest absolute Gasteiger partial charge is 0.422 e. The average molecular weight is 859 g/mol. The zero-order chi connectivity index (χ0) is 45.1. The summed E-state index contributed by atoms with van der Waals surface area (Å²) in [6, 6.07) is 21.8. The number of aryl methyl sites for hydroxylation is 4. The fourth-order valence-electron chi connectivity index (χ4n) is 8.27. The Bertz CT molecular complexity index is 2690. The summed E-state index contributed by atoms with van der Waals surface area (Å²) >= 11 is 0. The van der Waals surface area contributed by atoms with Crippen molar-refractivity contribution in [1.82, 2.24) is 4.57 Å². The van der Waals surface area contributed by atoms with Crippen molar-refractivity contribution in [2.75, 3.05) is 6.61 Å². The number of ketones is 2. The third-order valence-corrected chi connectivity index (χ3v) is 11.1. The Balaban J connectivity index is 1.59. The van der Waals surface area contributed by atoms with Crippen LogP contribution >= 0.6 is 0 Å². The van der Waals surface area contributed by atoms with E-state index in [1.807, 2.05) is 63.2 Å². The van der Waals surface area contributed by atoms with E-state index < -0.39 is 55.0 Å². The topological polar surface area (TPSA) is 87.0 Å². The second-order valence-electron chi connectivity index (χ2n) is 15.9. The van der Waals surface area contributed by atoms with E-state index in [0.717, 1.165) is 83.2 Å². The Morgan fingerprint density at radius 3 is 2.10 bits per heavy atom. The highest BCUT2D eigenvalue weighted by Gasteiger charge is 2.32. The summed E-state index contributed by atoms with van der Waals surface area (Å²) in [6.45, 7) is 9.90. The predicted octanol–water partition coefficient (Wildman–Crippen LogP) is 12.9. The van der Waals surface area contributed by atoms with E-state index in [1.54, 1.807) is 12.1 Å². The summed E-state index contributed by atoms with van der Waals surface area (Å²) in [5, 5.41) is 6.66. The molecular weight excluding hydrogens is 811 g/mol. The summed E-state index contributed by atoms with van der Waals surface area (Å²) in [5.41, 5.74) is 4.43. The zero-order valence-corrected chi connectivity index (χ0v) is 35.4. The van der Waals surface area contributed by atoms with Gasteiger partial charge in [-0.05, 0) is 98.0 Å². The highest BCUT2D eigenvalue weighted by molar-refractivity contribution is 6.52. The number of oxime groups is 1. The van der Waals surface area contributed by atoms with Gasteiger partial charge < -0.3 is 14.1 Å². The third-order valence-electron chi connectivity index (χ3n) is 11.1. The molecule has 0 aliphatic carbocycles. The average Bonchev–Trinajstić information content (AvgIpc) is 3.52. The summed E-state index contributed by atoms with van der Waals surface area (Å²) in [4.78, 5) is 46.3. The highest BCUT2D eigenvalue weighted by Crippen LogP contribution is 2.39. The number of aromatic nitrogens is 1. The molecule has 0 aliphatic heterocycles. The van der Waals surface area contributed by atoms with Crippen LogP contribution in [0.5, 0.6) is 5.75 Å². The van der Waals surface area contributed by atoms with E-state index in [1.165, 1.54) is 12.1 Å². The number of halogens is 6. The Kier molecular flexibility index (Phi) is 13.6. The van der Waals surface area contributed by atoms with Crippen LogP contribution in [-0.4, -0.2) is 46.8 Å². The van der Waals surface area contributed by atoms with Crippen molar-refractivity contribution < 1.29 is 50.3 Å². The molecule has 0 aliphatic rings. The van der Waals surface area contributed by atoms with Crippen LogP contribution in [0.1, 0.15) is 107 Å². The first kappa shape index (κ1) is 45.5. The first-order valence-corrected chi connectivity index (χ1v) is 20.6. The van der Waals surface area contributed by atoms with Crippen LogP contribution in [0, 0.1) is 26.7 Å². The lowest BCUT2D eigenvalue weighted by Gasteiger charge is -2.19. The maximum absolute atomic E-state index is 14.7. The lowest BCUT2D eigenvalue weighted by Crippen LogP contribution is -2.22. The van der Waals surface area contributed by atoms with Gasteiger partial charge in [0.2, 0.25) is 5.78 Å². The number of unbranched alkanes of at least 4 members (excludes halogenated alkanes) is 1. The van der Waals surface area contributed by atoms with Crippen LogP contribution in [0.4, 0.5) is 26.3 Å². The second kappa shape index (κ2) is 18.6. The SMILES string of the molecule is CCCCC(CC)Cn1c2ccc(C(=O)/C(=N/OC(C)=O)c3ccc(CCC(F)(F)F)cc3OCC(F)(F)F)cc2c2cc(C(=O)c3c(C)cc(C)cc3C)c3ccccc3c21. The number of rotatable bonds is 16.